The fraction of sp³-hybridized carbons (Fsp3) is 0.129. The maximum atomic E-state index is 11.9. The molecule has 4 aromatic carbocycles. The molecule has 0 spiro atoms. The van der Waals surface area contributed by atoms with Crippen molar-refractivity contribution in [3.63, 3.8) is 0 Å². The first-order valence-corrected chi connectivity index (χ1v) is 14.2. The fourth-order valence-corrected chi connectivity index (χ4v) is 5.70. The van der Waals surface area contributed by atoms with Gasteiger partial charge in [-0.3, -0.25) is 4.21 Å². The second-order valence-corrected chi connectivity index (χ2v) is 11.4. The van der Waals surface area contributed by atoms with Crippen molar-refractivity contribution in [3.05, 3.63) is 114 Å². The summed E-state index contributed by atoms with van der Waals surface area (Å²) in [6, 6.07) is 33.7. The van der Waals surface area contributed by atoms with Crippen LogP contribution in [0.3, 0.4) is 0 Å². The van der Waals surface area contributed by atoms with Crippen LogP contribution in [0, 0.1) is 20.8 Å². The van der Waals surface area contributed by atoms with Crippen LogP contribution >= 0.6 is 11.3 Å². The van der Waals surface area contributed by atoms with Gasteiger partial charge in [0.25, 0.3) is 0 Å². The Morgan fingerprint density at radius 2 is 1.08 bits per heavy atom. The largest absolute Gasteiger partial charge is 0.300 e. The van der Waals surface area contributed by atoms with E-state index in [1.807, 2.05) is 24.3 Å². The Balaban J connectivity index is 1.72. The smallest absolute Gasteiger partial charge is 0.129 e. The van der Waals surface area contributed by atoms with Gasteiger partial charge in [-0.05, 0) is 57.2 Å². The molecule has 1 heterocycles. The van der Waals surface area contributed by atoms with E-state index in [2.05, 4.69) is 98.5 Å². The molecule has 5 heteroatoms. The van der Waals surface area contributed by atoms with Gasteiger partial charge in [-0.2, -0.15) is 0 Å². The van der Waals surface area contributed by atoms with Crippen molar-refractivity contribution in [1.82, 2.24) is 4.98 Å². The number of anilines is 3. The average Bonchev–Trinajstić information content (AvgIpc) is 3.32. The van der Waals surface area contributed by atoms with Crippen LogP contribution in [0.2, 0.25) is 0 Å². The first-order valence-electron chi connectivity index (χ1n) is 11.8. The summed E-state index contributed by atoms with van der Waals surface area (Å²) in [6.45, 7) is 6.31. The van der Waals surface area contributed by atoms with Crippen molar-refractivity contribution in [2.75, 3.05) is 11.2 Å². The standard InChI is InChI=1S/C31H28N2OS2/c1-21-5-11-24(12-6-21)29-31(35-30(32-29)25-13-19-28(20-14-25)36(4)34)33(26-15-7-22(2)8-16-26)27-17-9-23(3)10-18-27/h5-20H,1-4H3. The molecule has 1 atom stereocenters. The predicted octanol–water partition coefficient (Wildman–Crippen LogP) is 8.61. The minimum atomic E-state index is -1.01. The highest BCUT2D eigenvalue weighted by atomic mass is 32.2. The van der Waals surface area contributed by atoms with Gasteiger partial charge in [-0.15, -0.1) is 0 Å². The normalized spacial score (nSPS) is 11.9. The van der Waals surface area contributed by atoms with Crippen molar-refractivity contribution in [3.8, 4) is 21.8 Å². The first kappa shape index (κ1) is 24.2. The maximum Gasteiger partial charge on any atom is 0.129 e. The molecule has 0 radical (unpaired) electrons. The molecule has 0 aliphatic rings. The van der Waals surface area contributed by atoms with Gasteiger partial charge in [-0.1, -0.05) is 88.7 Å². The number of nitrogens with zero attached hydrogens (tertiary/aromatic N) is 2. The Hall–Kier alpha value is -3.54. The molecule has 3 nitrogen and oxygen atoms in total. The number of hydrogen-bond donors (Lipinski definition) is 0. The summed E-state index contributed by atoms with van der Waals surface area (Å²) in [5.74, 6) is 0. The monoisotopic (exact) mass is 508 g/mol. The van der Waals surface area contributed by atoms with Crippen LogP contribution in [0.5, 0.6) is 0 Å². The van der Waals surface area contributed by atoms with Crippen molar-refractivity contribution >= 4 is 38.5 Å². The van der Waals surface area contributed by atoms with Gasteiger partial charge in [0.1, 0.15) is 15.7 Å². The Kier molecular flexibility index (Phi) is 6.86. The number of hydrogen-bond acceptors (Lipinski definition) is 4. The van der Waals surface area contributed by atoms with Crippen LogP contribution in [-0.2, 0) is 10.8 Å². The molecule has 0 fully saturated rings. The zero-order chi connectivity index (χ0) is 25.2. The van der Waals surface area contributed by atoms with E-state index in [0.717, 1.165) is 43.1 Å². The van der Waals surface area contributed by atoms with Crippen molar-refractivity contribution in [2.45, 2.75) is 25.7 Å². The Labute approximate surface area is 219 Å². The molecule has 5 rings (SSSR count). The molecule has 1 aromatic heterocycles. The van der Waals surface area contributed by atoms with E-state index < -0.39 is 10.8 Å². The first-order chi connectivity index (χ1) is 17.4. The van der Waals surface area contributed by atoms with E-state index in [0.29, 0.717) is 0 Å². The lowest BCUT2D eigenvalue weighted by molar-refractivity contribution is 0.687. The highest BCUT2D eigenvalue weighted by Crippen LogP contribution is 2.46. The zero-order valence-electron chi connectivity index (χ0n) is 20.9. The van der Waals surface area contributed by atoms with Gasteiger partial charge in [0.05, 0.1) is 0 Å². The van der Waals surface area contributed by atoms with Crippen LogP contribution in [0.25, 0.3) is 21.8 Å². The topological polar surface area (TPSA) is 33.2 Å². The van der Waals surface area contributed by atoms with Gasteiger partial charge in [0.2, 0.25) is 0 Å². The molecular formula is C31H28N2OS2. The Morgan fingerprint density at radius 1 is 0.639 bits per heavy atom. The lowest BCUT2D eigenvalue weighted by atomic mass is 10.1. The third-order valence-electron chi connectivity index (χ3n) is 6.15. The van der Waals surface area contributed by atoms with Gasteiger partial charge in [0.15, 0.2) is 0 Å². The highest BCUT2D eigenvalue weighted by molar-refractivity contribution is 7.84. The summed E-state index contributed by atoms with van der Waals surface area (Å²) in [6.07, 6.45) is 1.70. The average molecular weight is 509 g/mol. The molecule has 5 aromatic rings. The summed E-state index contributed by atoms with van der Waals surface area (Å²) in [4.78, 5) is 8.27. The molecule has 0 saturated heterocycles. The number of aryl methyl sites for hydroxylation is 3. The van der Waals surface area contributed by atoms with Crippen molar-refractivity contribution in [1.29, 1.82) is 0 Å². The quantitative estimate of drug-likeness (QED) is 0.230. The molecule has 180 valence electrons. The summed E-state index contributed by atoms with van der Waals surface area (Å²) in [5.41, 5.74) is 8.87. The van der Waals surface area contributed by atoms with Gasteiger partial charge in [0, 0.05) is 44.5 Å². The molecule has 0 saturated carbocycles. The zero-order valence-corrected chi connectivity index (χ0v) is 22.5. The van der Waals surface area contributed by atoms with Crippen molar-refractivity contribution in [2.24, 2.45) is 0 Å². The van der Waals surface area contributed by atoms with E-state index in [-0.39, 0.29) is 0 Å². The van der Waals surface area contributed by atoms with Crippen LogP contribution in [-0.4, -0.2) is 15.4 Å². The van der Waals surface area contributed by atoms with E-state index in [9.17, 15) is 4.21 Å². The Bertz CT molecular complexity index is 1460. The van der Waals surface area contributed by atoms with E-state index in [1.165, 1.54) is 16.7 Å². The third-order valence-corrected chi connectivity index (χ3v) is 8.18. The van der Waals surface area contributed by atoms with Gasteiger partial charge < -0.3 is 4.90 Å². The van der Waals surface area contributed by atoms with E-state index in [4.69, 9.17) is 4.98 Å². The minimum Gasteiger partial charge on any atom is -0.300 e. The third kappa shape index (κ3) is 5.03. The summed E-state index contributed by atoms with van der Waals surface area (Å²) in [7, 11) is -1.01. The number of benzene rings is 4. The molecule has 36 heavy (non-hydrogen) atoms. The predicted molar refractivity (Wildman–Crippen MR) is 154 cm³/mol. The van der Waals surface area contributed by atoms with E-state index >= 15 is 0 Å². The molecular weight excluding hydrogens is 480 g/mol. The molecule has 0 aliphatic heterocycles. The van der Waals surface area contributed by atoms with Crippen LogP contribution in [0.15, 0.2) is 102 Å². The molecule has 0 aliphatic carbocycles. The second-order valence-electron chi connectivity index (χ2n) is 9.02. The fourth-order valence-electron chi connectivity index (χ4n) is 4.05. The lowest BCUT2D eigenvalue weighted by Crippen LogP contribution is -2.09. The van der Waals surface area contributed by atoms with Gasteiger partial charge in [-0.25, -0.2) is 4.98 Å². The second kappa shape index (κ2) is 10.2. The minimum absolute atomic E-state index is 0.815. The summed E-state index contributed by atoms with van der Waals surface area (Å²) in [5, 5.41) is 1.99. The van der Waals surface area contributed by atoms with Crippen LogP contribution in [0.4, 0.5) is 16.4 Å². The SMILES string of the molecule is Cc1ccc(-c2nc(-c3ccc(S(C)=O)cc3)sc2N(c2ccc(C)cc2)c2ccc(C)cc2)cc1. The molecule has 1 unspecified atom stereocenters. The van der Waals surface area contributed by atoms with E-state index in [1.54, 1.807) is 17.6 Å². The Morgan fingerprint density at radius 3 is 1.56 bits per heavy atom. The number of thiazole rings is 1. The number of rotatable bonds is 6. The number of aromatic nitrogens is 1. The molecule has 0 bridgehead atoms. The molecule has 0 N–H and O–H groups in total. The highest BCUT2D eigenvalue weighted by Gasteiger charge is 2.23. The maximum absolute atomic E-state index is 11.9. The molecule has 0 amide bonds. The summed E-state index contributed by atoms with van der Waals surface area (Å²) < 4.78 is 11.9. The van der Waals surface area contributed by atoms with Gasteiger partial charge >= 0.3 is 0 Å². The van der Waals surface area contributed by atoms with Crippen LogP contribution < -0.4 is 4.90 Å². The van der Waals surface area contributed by atoms with Crippen molar-refractivity contribution < 1.29 is 4.21 Å². The lowest BCUT2D eigenvalue weighted by Gasteiger charge is -2.25. The summed E-state index contributed by atoms with van der Waals surface area (Å²) >= 11 is 1.67. The van der Waals surface area contributed by atoms with Crippen LogP contribution in [0.1, 0.15) is 16.7 Å².